The number of hydrogen-bond acceptors (Lipinski definition) is 2. The number of ether oxygens (including phenoxy) is 1. The van der Waals surface area contributed by atoms with E-state index in [2.05, 4.69) is 0 Å². The first-order chi connectivity index (χ1) is 5.64. The number of aliphatic hydroxyl groups is 1. The van der Waals surface area contributed by atoms with Gasteiger partial charge in [-0.2, -0.15) is 0 Å². The molecule has 0 spiro atoms. The van der Waals surface area contributed by atoms with Crippen molar-refractivity contribution < 1.29 is 18.6 Å². The highest BCUT2D eigenvalue weighted by Gasteiger charge is 2.32. The molecule has 1 aliphatic heterocycles. The predicted molar refractivity (Wildman–Crippen MR) is 40.2 cm³/mol. The van der Waals surface area contributed by atoms with Crippen LogP contribution in [0.15, 0.2) is 0 Å². The van der Waals surface area contributed by atoms with E-state index in [1.165, 1.54) is 0 Å². The van der Waals surface area contributed by atoms with Crippen molar-refractivity contribution in [3.05, 3.63) is 0 Å². The van der Waals surface area contributed by atoms with Gasteiger partial charge in [0, 0.05) is 13.0 Å². The molecule has 1 fully saturated rings. The Morgan fingerprint density at radius 3 is 2.67 bits per heavy atom. The molecule has 0 aromatic heterocycles. The monoisotopic (exact) mass is 180 g/mol. The zero-order valence-electron chi connectivity index (χ0n) is 6.93. The summed E-state index contributed by atoms with van der Waals surface area (Å²) in [5.74, 6) is -2.97. The number of hydrogen-bond donors (Lipinski definition) is 1. The summed E-state index contributed by atoms with van der Waals surface area (Å²) in [5, 5.41) is 8.32. The first-order valence-corrected chi connectivity index (χ1v) is 4.24. The second-order valence-electron chi connectivity index (χ2n) is 3.21. The maximum absolute atomic E-state index is 12.6. The van der Waals surface area contributed by atoms with Crippen molar-refractivity contribution in [1.29, 1.82) is 0 Å². The predicted octanol–water partition coefficient (Wildman–Crippen LogP) is 1.57. The van der Waals surface area contributed by atoms with Gasteiger partial charge in [-0.15, -0.1) is 0 Å². The average Bonchev–Trinajstić information content (AvgIpc) is 2.06. The summed E-state index contributed by atoms with van der Waals surface area (Å²) < 4.78 is 30.3. The summed E-state index contributed by atoms with van der Waals surface area (Å²) in [5.41, 5.74) is 0. The van der Waals surface area contributed by atoms with Crippen molar-refractivity contribution in [3.63, 3.8) is 0 Å². The van der Waals surface area contributed by atoms with E-state index in [0.717, 1.165) is 12.8 Å². The van der Waals surface area contributed by atoms with E-state index in [9.17, 15) is 8.78 Å². The molecule has 1 rings (SSSR count). The third kappa shape index (κ3) is 3.03. The molecule has 0 amide bonds. The summed E-state index contributed by atoms with van der Waals surface area (Å²) in [7, 11) is 0. The molecule has 72 valence electrons. The zero-order valence-corrected chi connectivity index (χ0v) is 6.93. The largest absolute Gasteiger partial charge is 0.390 e. The van der Waals surface area contributed by atoms with Gasteiger partial charge < -0.3 is 9.84 Å². The number of alkyl halides is 2. The van der Waals surface area contributed by atoms with E-state index in [1.807, 2.05) is 0 Å². The molecule has 0 unspecified atom stereocenters. The van der Waals surface area contributed by atoms with Gasteiger partial charge in [-0.3, -0.25) is 0 Å². The molecule has 1 heterocycles. The van der Waals surface area contributed by atoms with Crippen molar-refractivity contribution in [2.24, 2.45) is 0 Å². The Balaban J connectivity index is 2.28. The van der Waals surface area contributed by atoms with E-state index in [4.69, 9.17) is 9.84 Å². The minimum Gasteiger partial charge on any atom is -0.390 e. The fourth-order valence-electron chi connectivity index (χ4n) is 1.37. The first kappa shape index (κ1) is 9.86. The lowest BCUT2D eigenvalue weighted by atomic mass is 10.0. The Kier molecular flexibility index (Phi) is 3.40. The molecule has 4 heteroatoms. The van der Waals surface area contributed by atoms with Gasteiger partial charge in [0.2, 0.25) is 0 Å². The van der Waals surface area contributed by atoms with Crippen LogP contribution in [0.2, 0.25) is 0 Å². The van der Waals surface area contributed by atoms with E-state index < -0.39 is 12.5 Å². The topological polar surface area (TPSA) is 29.5 Å². The minimum atomic E-state index is -2.97. The van der Waals surface area contributed by atoms with Crippen LogP contribution in [-0.2, 0) is 4.74 Å². The molecular formula is C8H14F2O2. The molecule has 1 saturated heterocycles. The molecule has 1 aliphatic rings. The van der Waals surface area contributed by atoms with Crippen LogP contribution in [0.1, 0.15) is 25.7 Å². The fourth-order valence-corrected chi connectivity index (χ4v) is 1.37. The molecule has 2 nitrogen and oxygen atoms in total. The van der Waals surface area contributed by atoms with Crippen molar-refractivity contribution in [3.8, 4) is 0 Å². The Bertz CT molecular complexity index is 133. The van der Waals surface area contributed by atoms with Crippen molar-refractivity contribution in [2.75, 3.05) is 13.2 Å². The lowest BCUT2D eigenvalue weighted by Gasteiger charge is -2.25. The van der Waals surface area contributed by atoms with E-state index in [-0.39, 0.29) is 12.5 Å². The number of halogens is 2. The standard InChI is InChI=1S/C8H14F2O2/c9-8(10,6-11)5-7-3-1-2-4-12-7/h7,11H,1-6H2/t7-/m1/s1. The smallest absolute Gasteiger partial charge is 0.273 e. The zero-order chi connectivity index (χ0) is 9.03. The van der Waals surface area contributed by atoms with Gasteiger partial charge in [-0.05, 0) is 19.3 Å². The SMILES string of the molecule is OCC(F)(F)C[C@H]1CCCCO1. The Morgan fingerprint density at radius 2 is 2.17 bits per heavy atom. The van der Waals surface area contributed by atoms with Gasteiger partial charge in [0.25, 0.3) is 5.92 Å². The van der Waals surface area contributed by atoms with Gasteiger partial charge >= 0.3 is 0 Å². The summed E-state index contributed by atoms with van der Waals surface area (Å²) in [6, 6.07) is 0. The van der Waals surface area contributed by atoms with Crippen LogP contribution in [0.5, 0.6) is 0 Å². The molecule has 0 saturated carbocycles. The third-order valence-corrected chi connectivity index (χ3v) is 2.03. The number of rotatable bonds is 3. The summed E-state index contributed by atoms with van der Waals surface area (Å²) in [6.45, 7) is -0.501. The molecular weight excluding hydrogens is 166 g/mol. The van der Waals surface area contributed by atoms with Gasteiger partial charge in [-0.25, -0.2) is 8.78 Å². The fraction of sp³-hybridized carbons (Fsp3) is 1.00. The van der Waals surface area contributed by atoms with Crippen LogP contribution in [0, 0.1) is 0 Å². The highest BCUT2D eigenvalue weighted by atomic mass is 19.3. The molecule has 0 aromatic carbocycles. The lowest BCUT2D eigenvalue weighted by molar-refractivity contribution is -0.104. The summed E-state index contributed by atoms with van der Waals surface area (Å²) in [6.07, 6.45) is 1.90. The molecule has 0 bridgehead atoms. The van der Waals surface area contributed by atoms with Gasteiger partial charge in [-0.1, -0.05) is 0 Å². The normalized spacial score (nSPS) is 25.8. The second-order valence-corrected chi connectivity index (χ2v) is 3.21. The minimum absolute atomic E-state index is 0.344. The lowest BCUT2D eigenvalue weighted by Crippen LogP contribution is -2.31. The van der Waals surface area contributed by atoms with E-state index >= 15 is 0 Å². The van der Waals surface area contributed by atoms with Crippen LogP contribution < -0.4 is 0 Å². The highest BCUT2D eigenvalue weighted by molar-refractivity contribution is 4.73. The van der Waals surface area contributed by atoms with Crippen molar-refractivity contribution in [1.82, 2.24) is 0 Å². The average molecular weight is 180 g/mol. The van der Waals surface area contributed by atoms with Crippen LogP contribution in [-0.4, -0.2) is 30.3 Å². The van der Waals surface area contributed by atoms with Crippen LogP contribution in [0.4, 0.5) is 8.78 Å². The Labute approximate surface area is 70.5 Å². The highest BCUT2D eigenvalue weighted by Crippen LogP contribution is 2.25. The van der Waals surface area contributed by atoms with Gasteiger partial charge in [0.15, 0.2) is 0 Å². The van der Waals surface area contributed by atoms with Crippen molar-refractivity contribution >= 4 is 0 Å². The molecule has 12 heavy (non-hydrogen) atoms. The molecule has 0 aromatic rings. The van der Waals surface area contributed by atoms with E-state index in [0.29, 0.717) is 13.0 Å². The quantitative estimate of drug-likeness (QED) is 0.714. The first-order valence-electron chi connectivity index (χ1n) is 4.24. The summed E-state index contributed by atoms with van der Waals surface area (Å²) in [4.78, 5) is 0. The van der Waals surface area contributed by atoms with Gasteiger partial charge in [0.05, 0.1) is 6.10 Å². The summed E-state index contributed by atoms with van der Waals surface area (Å²) >= 11 is 0. The maximum atomic E-state index is 12.6. The van der Waals surface area contributed by atoms with Crippen LogP contribution in [0.25, 0.3) is 0 Å². The second kappa shape index (κ2) is 4.14. The molecule has 1 N–H and O–H groups in total. The van der Waals surface area contributed by atoms with Crippen LogP contribution >= 0.6 is 0 Å². The molecule has 1 atom stereocenters. The third-order valence-electron chi connectivity index (χ3n) is 2.03. The maximum Gasteiger partial charge on any atom is 0.273 e. The Hall–Kier alpha value is -0.220. The van der Waals surface area contributed by atoms with E-state index in [1.54, 1.807) is 0 Å². The molecule has 0 radical (unpaired) electrons. The number of aliphatic hydroxyl groups excluding tert-OH is 1. The van der Waals surface area contributed by atoms with Crippen molar-refractivity contribution in [2.45, 2.75) is 37.7 Å². The van der Waals surface area contributed by atoms with Gasteiger partial charge in [0.1, 0.15) is 6.61 Å². The van der Waals surface area contributed by atoms with Crippen LogP contribution in [0.3, 0.4) is 0 Å². The molecule has 0 aliphatic carbocycles. The Morgan fingerprint density at radius 1 is 1.42 bits per heavy atom.